The van der Waals surface area contributed by atoms with E-state index in [-0.39, 0.29) is 17.3 Å². The zero-order valence-electron chi connectivity index (χ0n) is 13.9. The first-order valence-corrected chi connectivity index (χ1v) is 7.82. The average molecular weight is 371 g/mol. The van der Waals surface area contributed by atoms with Gasteiger partial charge in [-0.25, -0.2) is 0 Å². The molecule has 1 aliphatic heterocycles. The van der Waals surface area contributed by atoms with Crippen molar-refractivity contribution < 1.29 is 22.5 Å². The standard InChI is InChI=1S/C15H16F3N5O3/c1-21-4-5-22(9-12(21)25)6-7-23-3-2-10(8-11(23)24)13-19-14(26-20-13)15(16,17)18/h2-3,8H,4-7,9H2,1H3. The smallest absolute Gasteiger partial charge is 0.343 e. The van der Waals surface area contributed by atoms with Gasteiger partial charge in [-0.15, -0.1) is 0 Å². The average Bonchev–Trinajstić information content (AvgIpc) is 3.07. The van der Waals surface area contributed by atoms with Crippen LogP contribution in [0.4, 0.5) is 13.2 Å². The summed E-state index contributed by atoms with van der Waals surface area (Å²) in [6, 6.07) is 2.60. The Balaban J connectivity index is 1.67. The van der Waals surface area contributed by atoms with Crippen molar-refractivity contribution in [3.05, 3.63) is 34.6 Å². The SMILES string of the molecule is CN1CCN(CCn2ccc(-c3noc(C(F)(F)F)n3)cc2=O)CC1=O. The molecule has 0 atom stereocenters. The van der Waals surface area contributed by atoms with Crippen LogP contribution in [0.2, 0.25) is 0 Å². The molecule has 1 aliphatic rings. The first-order valence-electron chi connectivity index (χ1n) is 7.82. The van der Waals surface area contributed by atoms with Crippen LogP contribution in [0, 0.1) is 0 Å². The second-order valence-corrected chi connectivity index (χ2v) is 5.96. The zero-order chi connectivity index (χ0) is 18.9. The van der Waals surface area contributed by atoms with Crippen LogP contribution in [-0.2, 0) is 17.5 Å². The normalized spacial score (nSPS) is 16.3. The molecule has 0 radical (unpaired) electrons. The van der Waals surface area contributed by atoms with Gasteiger partial charge in [0, 0.05) is 51.1 Å². The number of pyridine rings is 1. The Bertz CT molecular complexity index is 861. The highest BCUT2D eigenvalue weighted by atomic mass is 19.4. The van der Waals surface area contributed by atoms with Crippen LogP contribution in [0.25, 0.3) is 11.4 Å². The lowest BCUT2D eigenvalue weighted by atomic mass is 10.2. The molecule has 1 amide bonds. The van der Waals surface area contributed by atoms with Crippen molar-refractivity contribution in [1.82, 2.24) is 24.5 Å². The molecule has 2 aromatic heterocycles. The number of carbonyl (C=O) groups is 1. The van der Waals surface area contributed by atoms with Gasteiger partial charge in [-0.05, 0) is 6.07 Å². The predicted octanol–water partition coefficient (Wildman–Crippen LogP) is 0.691. The highest BCUT2D eigenvalue weighted by Crippen LogP contribution is 2.28. The fourth-order valence-corrected chi connectivity index (χ4v) is 2.53. The number of likely N-dealkylation sites (N-methyl/N-ethyl adjacent to an activating group) is 1. The summed E-state index contributed by atoms with van der Waals surface area (Å²) in [6.45, 7) is 2.52. The van der Waals surface area contributed by atoms with Gasteiger partial charge in [0.2, 0.25) is 11.7 Å². The number of amides is 1. The largest absolute Gasteiger partial charge is 0.471 e. The van der Waals surface area contributed by atoms with Crippen molar-refractivity contribution in [3.8, 4) is 11.4 Å². The van der Waals surface area contributed by atoms with E-state index in [0.29, 0.717) is 26.2 Å². The number of piperazine rings is 1. The van der Waals surface area contributed by atoms with E-state index in [0.717, 1.165) is 12.6 Å². The van der Waals surface area contributed by atoms with Gasteiger partial charge in [0.25, 0.3) is 5.56 Å². The summed E-state index contributed by atoms with van der Waals surface area (Å²) in [5.74, 6) is -1.74. The van der Waals surface area contributed by atoms with E-state index < -0.39 is 17.6 Å². The van der Waals surface area contributed by atoms with Crippen LogP contribution in [-0.4, -0.2) is 63.6 Å². The van der Waals surface area contributed by atoms with E-state index in [1.165, 1.54) is 16.8 Å². The summed E-state index contributed by atoms with van der Waals surface area (Å²) in [4.78, 5) is 30.7. The molecule has 3 heterocycles. The van der Waals surface area contributed by atoms with Crippen molar-refractivity contribution in [2.45, 2.75) is 12.7 Å². The maximum absolute atomic E-state index is 12.5. The third-order valence-corrected chi connectivity index (χ3v) is 4.12. The number of hydrogen-bond donors (Lipinski definition) is 0. The highest BCUT2D eigenvalue weighted by molar-refractivity contribution is 5.78. The fraction of sp³-hybridized carbons (Fsp3) is 0.467. The van der Waals surface area contributed by atoms with Crippen molar-refractivity contribution in [2.24, 2.45) is 0 Å². The quantitative estimate of drug-likeness (QED) is 0.786. The molecule has 3 rings (SSSR count). The lowest BCUT2D eigenvalue weighted by molar-refractivity contribution is -0.159. The zero-order valence-corrected chi connectivity index (χ0v) is 13.9. The molecule has 11 heteroatoms. The van der Waals surface area contributed by atoms with Crippen LogP contribution in [0.15, 0.2) is 27.6 Å². The topological polar surface area (TPSA) is 84.5 Å². The number of nitrogens with zero attached hydrogens (tertiary/aromatic N) is 5. The fourth-order valence-electron chi connectivity index (χ4n) is 2.53. The number of rotatable bonds is 4. The number of hydrogen-bond acceptors (Lipinski definition) is 6. The summed E-state index contributed by atoms with van der Waals surface area (Å²) in [6.07, 6.45) is -3.28. The van der Waals surface area contributed by atoms with Gasteiger partial charge >= 0.3 is 12.1 Å². The molecule has 1 fully saturated rings. The monoisotopic (exact) mass is 371 g/mol. The second kappa shape index (κ2) is 6.90. The summed E-state index contributed by atoms with van der Waals surface area (Å²) >= 11 is 0. The van der Waals surface area contributed by atoms with Crippen LogP contribution in [0.5, 0.6) is 0 Å². The van der Waals surface area contributed by atoms with E-state index in [9.17, 15) is 22.8 Å². The number of carbonyl (C=O) groups excluding carboxylic acids is 1. The molecule has 0 unspecified atom stereocenters. The van der Waals surface area contributed by atoms with Gasteiger partial charge in [0.15, 0.2) is 0 Å². The first kappa shape index (κ1) is 18.1. The molecular formula is C15H16F3N5O3. The molecule has 140 valence electrons. The summed E-state index contributed by atoms with van der Waals surface area (Å²) < 4.78 is 43.1. The molecule has 0 bridgehead atoms. The summed E-state index contributed by atoms with van der Waals surface area (Å²) in [5.41, 5.74) is -0.262. The minimum atomic E-state index is -4.74. The Morgan fingerprint density at radius 3 is 2.62 bits per heavy atom. The number of halogens is 3. The Morgan fingerprint density at radius 1 is 1.23 bits per heavy atom. The number of alkyl halides is 3. The summed E-state index contributed by atoms with van der Waals surface area (Å²) in [5, 5.41) is 3.25. The molecule has 26 heavy (non-hydrogen) atoms. The predicted molar refractivity (Wildman–Crippen MR) is 83.1 cm³/mol. The van der Waals surface area contributed by atoms with Gasteiger partial charge < -0.3 is 14.0 Å². The van der Waals surface area contributed by atoms with E-state index in [1.807, 2.05) is 4.90 Å². The van der Waals surface area contributed by atoms with Crippen molar-refractivity contribution in [3.63, 3.8) is 0 Å². The Hall–Kier alpha value is -2.69. The van der Waals surface area contributed by atoms with Gasteiger partial charge in [0.05, 0.1) is 6.54 Å². The van der Waals surface area contributed by atoms with Crippen LogP contribution in [0.1, 0.15) is 5.89 Å². The van der Waals surface area contributed by atoms with E-state index in [2.05, 4.69) is 14.7 Å². The molecule has 0 aromatic carbocycles. The van der Waals surface area contributed by atoms with Crippen LogP contribution < -0.4 is 5.56 Å². The minimum Gasteiger partial charge on any atom is -0.343 e. The van der Waals surface area contributed by atoms with Gasteiger partial charge in [0.1, 0.15) is 0 Å². The molecule has 0 aliphatic carbocycles. The highest BCUT2D eigenvalue weighted by Gasteiger charge is 2.38. The third kappa shape index (κ3) is 3.93. The Morgan fingerprint density at radius 2 is 2.00 bits per heavy atom. The van der Waals surface area contributed by atoms with Crippen molar-refractivity contribution in [2.75, 3.05) is 33.2 Å². The first-order chi connectivity index (χ1) is 12.2. The van der Waals surface area contributed by atoms with Gasteiger partial charge in [-0.3, -0.25) is 14.5 Å². The minimum absolute atomic E-state index is 0.0246. The van der Waals surface area contributed by atoms with Gasteiger partial charge in [-0.2, -0.15) is 18.2 Å². The van der Waals surface area contributed by atoms with Crippen molar-refractivity contribution in [1.29, 1.82) is 0 Å². The van der Waals surface area contributed by atoms with Crippen molar-refractivity contribution >= 4 is 5.91 Å². The Kier molecular flexibility index (Phi) is 4.81. The number of aromatic nitrogens is 3. The maximum atomic E-state index is 12.5. The lowest BCUT2D eigenvalue weighted by Gasteiger charge is -2.31. The lowest BCUT2D eigenvalue weighted by Crippen LogP contribution is -2.49. The van der Waals surface area contributed by atoms with Crippen LogP contribution >= 0.6 is 0 Å². The summed E-state index contributed by atoms with van der Waals surface area (Å²) in [7, 11) is 1.74. The molecule has 0 saturated carbocycles. The van der Waals surface area contributed by atoms with E-state index in [4.69, 9.17) is 0 Å². The third-order valence-electron chi connectivity index (χ3n) is 4.12. The second-order valence-electron chi connectivity index (χ2n) is 5.96. The van der Waals surface area contributed by atoms with E-state index in [1.54, 1.807) is 11.9 Å². The van der Waals surface area contributed by atoms with Crippen LogP contribution in [0.3, 0.4) is 0 Å². The Labute approximate surface area is 145 Å². The molecule has 2 aromatic rings. The molecule has 1 saturated heterocycles. The maximum Gasteiger partial charge on any atom is 0.471 e. The van der Waals surface area contributed by atoms with Gasteiger partial charge in [-0.1, -0.05) is 5.16 Å². The molecule has 0 spiro atoms. The molecule has 8 nitrogen and oxygen atoms in total. The van der Waals surface area contributed by atoms with E-state index >= 15 is 0 Å². The molecule has 0 N–H and O–H groups in total. The molecular weight excluding hydrogens is 355 g/mol.